The second kappa shape index (κ2) is 13.8. The van der Waals surface area contributed by atoms with Crippen LogP contribution in [-0.2, 0) is 42.9 Å². The standard InChI is InChI=1S/C24H28N2O3.C18H23NO3/c1-23(2,3)29-22(28)25-15-13-24(14-16-25)19-11-7-8-12-20(19)26(21(24)27)17-18-9-5-4-6-10-18;1-17(2,3)22-16(21)19-10-8-18(9-11-19)14-7-5-4-6-13(14)12-15(18)20/h4-12H,13-17H2,1-3H3;4-7H,8-12H2,1-3H3. The number of amides is 3. The highest BCUT2D eigenvalue weighted by atomic mass is 16.6. The normalized spacial score (nSPS) is 19.0. The Bertz CT molecular complexity index is 1770. The molecule has 3 aliphatic heterocycles. The van der Waals surface area contributed by atoms with E-state index in [-0.39, 0.29) is 23.5 Å². The number of anilines is 1. The molecule has 1 aliphatic carbocycles. The zero-order valence-corrected chi connectivity index (χ0v) is 30.9. The number of rotatable bonds is 2. The first-order valence-corrected chi connectivity index (χ1v) is 18.1. The van der Waals surface area contributed by atoms with E-state index in [0.29, 0.717) is 70.6 Å². The Morgan fingerprint density at radius 3 is 1.65 bits per heavy atom. The Labute approximate surface area is 301 Å². The van der Waals surface area contributed by atoms with Crippen LogP contribution in [0, 0.1) is 0 Å². The fraction of sp³-hybridized carbons (Fsp3) is 0.476. The van der Waals surface area contributed by atoms with Gasteiger partial charge in [-0.1, -0.05) is 72.8 Å². The molecule has 270 valence electrons. The van der Waals surface area contributed by atoms with Crippen LogP contribution in [0.1, 0.15) is 89.5 Å². The van der Waals surface area contributed by atoms with Crippen LogP contribution in [0.15, 0.2) is 78.9 Å². The smallest absolute Gasteiger partial charge is 0.410 e. The Balaban J connectivity index is 0.000000183. The van der Waals surface area contributed by atoms with Crippen LogP contribution in [0.5, 0.6) is 0 Å². The van der Waals surface area contributed by atoms with E-state index in [1.807, 2.05) is 113 Å². The predicted octanol–water partition coefficient (Wildman–Crippen LogP) is 7.58. The van der Waals surface area contributed by atoms with Gasteiger partial charge >= 0.3 is 12.2 Å². The number of benzene rings is 3. The van der Waals surface area contributed by atoms with Crippen LogP contribution in [-0.4, -0.2) is 71.1 Å². The maximum Gasteiger partial charge on any atom is 0.410 e. The van der Waals surface area contributed by atoms with Gasteiger partial charge < -0.3 is 24.2 Å². The number of para-hydroxylation sites is 1. The molecule has 0 N–H and O–H groups in total. The van der Waals surface area contributed by atoms with Crippen LogP contribution in [0.3, 0.4) is 0 Å². The van der Waals surface area contributed by atoms with Crippen molar-refractivity contribution >= 4 is 29.6 Å². The number of piperidine rings is 2. The lowest BCUT2D eigenvalue weighted by Crippen LogP contribution is -2.50. The molecule has 9 nitrogen and oxygen atoms in total. The molecule has 2 saturated heterocycles. The maximum atomic E-state index is 13.6. The maximum absolute atomic E-state index is 13.6. The molecule has 0 radical (unpaired) electrons. The average Bonchev–Trinajstić information content (AvgIpc) is 3.48. The third-order valence-electron chi connectivity index (χ3n) is 10.5. The largest absolute Gasteiger partial charge is 0.444 e. The number of likely N-dealkylation sites (tertiary alicyclic amines) is 2. The zero-order valence-electron chi connectivity index (χ0n) is 30.9. The SMILES string of the molecule is CC(C)(C)OC(=O)N1CCC2(CC1)C(=O)Cc1ccccc12.CC(C)(C)OC(=O)N1CCC2(CC1)C(=O)N(Cc1ccccc1)c1ccccc12. The van der Waals surface area contributed by atoms with Crippen molar-refractivity contribution in [2.75, 3.05) is 31.1 Å². The Morgan fingerprint density at radius 1 is 0.627 bits per heavy atom. The summed E-state index contributed by atoms with van der Waals surface area (Å²) in [5.74, 6) is 0.448. The van der Waals surface area contributed by atoms with E-state index in [9.17, 15) is 19.2 Å². The topological polar surface area (TPSA) is 96.5 Å². The van der Waals surface area contributed by atoms with Gasteiger partial charge in [0, 0.05) is 38.3 Å². The monoisotopic (exact) mass is 693 g/mol. The molecule has 0 unspecified atom stereocenters. The van der Waals surface area contributed by atoms with Crippen molar-refractivity contribution in [2.24, 2.45) is 0 Å². The summed E-state index contributed by atoms with van der Waals surface area (Å²) in [6.07, 6.45) is 2.58. The molecule has 0 atom stereocenters. The lowest BCUT2D eigenvalue weighted by molar-refractivity contribution is -0.125. The summed E-state index contributed by atoms with van der Waals surface area (Å²) in [5.41, 5.74) is 3.58. The molecule has 9 heteroatoms. The van der Waals surface area contributed by atoms with E-state index in [1.54, 1.807) is 9.80 Å². The lowest BCUT2D eigenvalue weighted by atomic mass is 9.73. The number of ether oxygens (including phenoxy) is 2. The van der Waals surface area contributed by atoms with Gasteiger partial charge in [-0.05, 0) is 95.5 Å². The summed E-state index contributed by atoms with van der Waals surface area (Å²) in [5, 5.41) is 0. The van der Waals surface area contributed by atoms with Gasteiger partial charge in [-0.2, -0.15) is 0 Å². The Morgan fingerprint density at radius 2 is 1.10 bits per heavy atom. The van der Waals surface area contributed by atoms with Gasteiger partial charge in [0.2, 0.25) is 5.91 Å². The van der Waals surface area contributed by atoms with Crippen LogP contribution < -0.4 is 4.90 Å². The Hall–Kier alpha value is -4.66. The highest BCUT2D eigenvalue weighted by Gasteiger charge is 2.52. The summed E-state index contributed by atoms with van der Waals surface area (Å²) in [4.78, 5) is 56.2. The van der Waals surface area contributed by atoms with Crippen molar-refractivity contribution in [3.8, 4) is 0 Å². The van der Waals surface area contributed by atoms with Crippen molar-refractivity contribution in [3.63, 3.8) is 0 Å². The summed E-state index contributed by atoms with van der Waals surface area (Å²) in [6, 6.07) is 26.3. The van der Waals surface area contributed by atoms with Gasteiger partial charge in [0.25, 0.3) is 0 Å². The molecule has 4 aliphatic rings. The minimum absolute atomic E-state index is 0.145. The fourth-order valence-corrected chi connectivity index (χ4v) is 7.98. The average molecular weight is 694 g/mol. The van der Waals surface area contributed by atoms with Gasteiger partial charge in [-0.25, -0.2) is 9.59 Å². The van der Waals surface area contributed by atoms with Gasteiger partial charge in [0.15, 0.2) is 0 Å². The van der Waals surface area contributed by atoms with E-state index < -0.39 is 16.6 Å². The molecular formula is C42H51N3O6. The van der Waals surface area contributed by atoms with E-state index in [4.69, 9.17) is 9.47 Å². The molecule has 3 heterocycles. The molecule has 3 amide bonds. The molecule has 0 bridgehead atoms. The number of nitrogens with zero attached hydrogens (tertiary/aromatic N) is 3. The number of hydrogen-bond acceptors (Lipinski definition) is 6. The van der Waals surface area contributed by atoms with E-state index >= 15 is 0 Å². The minimum Gasteiger partial charge on any atom is -0.444 e. The number of carbonyl (C=O) groups is 4. The van der Waals surface area contributed by atoms with E-state index in [0.717, 1.165) is 22.4 Å². The number of carbonyl (C=O) groups excluding carboxylic acids is 4. The van der Waals surface area contributed by atoms with Crippen LogP contribution in [0.25, 0.3) is 0 Å². The molecular weight excluding hydrogens is 642 g/mol. The molecule has 0 saturated carbocycles. The third-order valence-corrected chi connectivity index (χ3v) is 10.5. The summed E-state index contributed by atoms with van der Waals surface area (Å²) < 4.78 is 10.9. The van der Waals surface area contributed by atoms with Gasteiger partial charge in [0.05, 0.1) is 17.4 Å². The van der Waals surface area contributed by atoms with Gasteiger partial charge in [-0.3, -0.25) is 9.59 Å². The van der Waals surface area contributed by atoms with Crippen molar-refractivity contribution in [3.05, 3.63) is 101 Å². The highest BCUT2D eigenvalue weighted by molar-refractivity contribution is 6.08. The number of Topliss-reactive ketones (excluding diaryl/α,β-unsaturated/α-hetero) is 1. The molecule has 2 fully saturated rings. The summed E-state index contributed by atoms with van der Waals surface area (Å²) >= 11 is 0. The molecule has 7 rings (SSSR count). The Kier molecular flexibility index (Phi) is 9.79. The molecule has 51 heavy (non-hydrogen) atoms. The lowest BCUT2D eigenvalue weighted by Gasteiger charge is -2.39. The highest BCUT2D eigenvalue weighted by Crippen LogP contribution is 2.48. The van der Waals surface area contributed by atoms with Crippen molar-refractivity contribution < 1.29 is 28.7 Å². The first kappa shape index (κ1) is 36.1. The van der Waals surface area contributed by atoms with Gasteiger partial charge in [-0.15, -0.1) is 0 Å². The minimum atomic E-state index is -0.552. The number of fused-ring (bicyclic) bond motifs is 4. The zero-order chi connectivity index (χ0) is 36.6. The van der Waals surface area contributed by atoms with Crippen molar-refractivity contribution in [2.45, 2.75) is 102 Å². The number of ketones is 1. The quantitative estimate of drug-likeness (QED) is 0.275. The van der Waals surface area contributed by atoms with Gasteiger partial charge in [0.1, 0.15) is 17.0 Å². The first-order chi connectivity index (χ1) is 24.1. The summed E-state index contributed by atoms with van der Waals surface area (Å²) in [6.45, 7) is 14.0. The molecule has 3 aromatic carbocycles. The van der Waals surface area contributed by atoms with E-state index in [2.05, 4.69) is 12.1 Å². The molecule has 2 spiro atoms. The first-order valence-electron chi connectivity index (χ1n) is 18.1. The second-order valence-electron chi connectivity index (χ2n) is 16.3. The third kappa shape index (κ3) is 7.39. The van der Waals surface area contributed by atoms with Crippen molar-refractivity contribution in [1.29, 1.82) is 0 Å². The van der Waals surface area contributed by atoms with E-state index in [1.165, 1.54) is 5.56 Å². The molecule has 3 aromatic rings. The van der Waals surface area contributed by atoms with Crippen molar-refractivity contribution in [1.82, 2.24) is 9.80 Å². The predicted molar refractivity (Wildman–Crippen MR) is 197 cm³/mol. The molecule has 0 aromatic heterocycles. The van der Waals surface area contributed by atoms with Crippen LogP contribution in [0.2, 0.25) is 0 Å². The summed E-state index contributed by atoms with van der Waals surface area (Å²) in [7, 11) is 0. The fourth-order valence-electron chi connectivity index (χ4n) is 7.98. The van der Waals surface area contributed by atoms with Crippen LogP contribution >= 0.6 is 0 Å². The second-order valence-corrected chi connectivity index (χ2v) is 16.3. The number of hydrogen-bond donors (Lipinski definition) is 0. The van der Waals surface area contributed by atoms with Crippen LogP contribution in [0.4, 0.5) is 15.3 Å².